The first kappa shape index (κ1) is 13.0. The lowest BCUT2D eigenvalue weighted by atomic mass is 9.92. The van der Waals surface area contributed by atoms with E-state index < -0.39 is 11.7 Å². The van der Waals surface area contributed by atoms with E-state index in [1.165, 1.54) is 19.4 Å². The zero-order chi connectivity index (χ0) is 13.0. The predicted molar refractivity (Wildman–Crippen MR) is 61.3 cm³/mol. The summed E-state index contributed by atoms with van der Waals surface area (Å²) in [7, 11) is 6.95. The Morgan fingerprint density at radius 3 is 2.82 bits per heavy atom. The summed E-state index contributed by atoms with van der Waals surface area (Å²) in [5.74, 6) is 3.66. The quantitative estimate of drug-likeness (QED) is 0.330. The molecule has 0 saturated heterocycles. The SMILES string of the molecule is [B]c1cncc(F)c1C(=O)N/C(N)=C/N(C)N. The van der Waals surface area contributed by atoms with Crippen LogP contribution in [0.1, 0.15) is 10.4 Å². The Hall–Kier alpha value is -2.09. The van der Waals surface area contributed by atoms with Crippen molar-refractivity contribution in [1.29, 1.82) is 0 Å². The van der Waals surface area contributed by atoms with Gasteiger partial charge in [-0.15, -0.1) is 0 Å². The standard InChI is InChI=1S/C9H11BFN5O/c1-16(13)4-7(12)15-9(17)8-5(10)2-14-3-6(8)11/h2-4H,12-13H2,1H3,(H,15,17)/b7-4+. The summed E-state index contributed by atoms with van der Waals surface area (Å²) in [5.41, 5.74) is 5.06. The van der Waals surface area contributed by atoms with Crippen LogP contribution in [0.2, 0.25) is 0 Å². The molecule has 17 heavy (non-hydrogen) atoms. The Morgan fingerprint density at radius 1 is 1.65 bits per heavy atom. The van der Waals surface area contributed by atoms with Crippen molar-refractivity contribution < 1.29 is 9.18 Å². The van der Waals surface area contributed by atoms with Crippen LogP contribution in [0.4, 0.5) is 4.39 Å². The second-order valence-corrected chi connectivity index (χ2v) is 3.29. The van der Waals surface area contributed by atoms with E-state index in [9.17, 15) is 9.18 Å². The lowest BCUT2D eigenvalue weighted by Gasteiger charge is -2.10. The molecule has 2 radical (unpaired) electrons. The number of carbonyl (C=O) groups is 1. The van der Waals surface area contributed by atoms with Crippen LogP contribution < -0.4 is 22.4 Å². The van der Waals surface area contributed by atoms with Gasteiger partial charge >= 0.3 is 0 Å². The van der Waals surface area contributed by atoms with Crippen molar-refractivity contribution in [2.45, 2.75) is 0 Å². The molecule has 88 valence electrons. The molecule has 0 spiro atoms. The molecular formula is C9H11BFN5O. The average Bonchev–Trinajstić information content (AvgIpc) is 2.15. The van der Waals surface area contributed by atoms with E-state index in [0.29, 0.717) is 0 Å². The molecule has 1 rings (SSSR count). The zero-order valence-electron chi connectivity index (χ0n) is 9.14. The molecule has 0 aliphatic carbocycles. The zero-order valence-corrected chi connectivity index (χ0v) is 9.14. The van der Waals surface area contributed by atoms with Gasteiger partial charge in [-0.1, -0.05) is 5.46 Å². The van der Waals surface area contributed by atoms with Gasteiger partial charge in [-0.3, -0.25) is 9.78 Å². The summed E-state index contributed by atoms with van der Waals surface area (Å²) >= 11 is 0. The van der Waals surface area contributed by atoms with Crippen LogP contribution in [0.5, 0.6) is 0 Å². The van der Waals surface area contributed by atoms with Crippen molar-refractivity contribution >= 4 is 19.2 Å². The summed E-state index contributed by atoms with van der Waals surface area (Å²) in [6.07, 6.45) is 3.32. The topological polar surface area (TPSA) is 97.3 Å². The molecular weight excluding hydrogens is 224 g/mol. The Morgan fingerprint density at radius 2 is 2.29 bits per heavy atom. The molecule has 0 atom stereocenters. The first-order valence-corrected chi connectivity index (χ1v) is 4.57. The Balaban J connectivity index is 2.91. The van der Waals surface area contributed by atoms with Crippen LogP contribution in [0.15, 0.2) is 24.4 Å². The number of halogens is 1. The third kappa shape index (κ3) is 3.45. The fourth-order valence-corrected chi connectivity index (χ4v) is 1.13. The van der Waals surface area contributed by atoms with Gasteiger partial charge < -0.3 is 16.1 Å². The van der Waals surface area contributed by atoms with Crippen molar-refractivity contribution in [1.82, 2.24) is 15.3 Å². The van der Waals surface area contributed by atoms with E-state index in [1.807, 2.05) is 0 Å². The normalized spacial score (nSPS) is 11.1. The molecule has 0 bridgehead atoms. The van der Waals surface area contributed by atoms with Crippen LogP contribution >= 0.6 is 0 Å². The summed E-state index contributed by atoms with van der Waals surface area (Å²) in [6, 6.07) is 0. The van der Waals surface area contributed by atoms with Gasteiger partial charge in [0.25, 0.3) is 5.91 Å². The third-order valence-electron chi connectivity index (χ3n) is 1.76. The van der Waals surface area contributed by atoms with Crippen LogP contribution in [-0.2, 0) is 0 Å². The number of hydrazine groups is 1. The molecule has 0 fully saturated rings. The van der Waals surface area contributed by atoms with Crippen molar-refractivity contribution in [2.75, 3.05) is 7.05 Å². The summed E-state index contributed by atoms with van der Waals surface area (Å²) < 4.78 is 13.3. The number of pyridine rings is 1. The number of rotatable bonds is 3. The number of nitrogens with zero attached hydrogens (tertiary/aromatic N) is 2. The van der Waals surface area contributed by atoms with Crippen molar-refractivity contribution in [3.05, 3.63) is 35.8 Å². The first-order chi connectivity index (χ1) is 7.91. The highest BCUT2D eigenvalue weighted by Gasteiger charge is 2.14. The highest BCUT2D eigenvalue weighted by Crippen LogP contribution is 2.01. The minimum Gasteiger partial charge on any atom is -0.384 e. The van der Waals surface area contributed by atoms with E-state index in [2.05, 4.69) is 10.3 Å². The van der Waals surface area contributed by atoms with E-state index in [1.54, 1.807) is 0 Å². The maximum Gasteiger partial charge on any atom is 0.259 e. The molecule has 8 heteroatoms. The highest BCUT2D eigenvalue weighted by atomic mass is 19.1. The summed E-state index contributed by atoms with van der Waals surface area (Å²) in [5, 5.41) is 3.38. The lowest BCUT2D eigenvalue weighted by Crippen LogP contribution is -2.34. The number of nitrogens with one attached hydrogen (secondary N) is 1. The van der Waals surface area contributed by atoms with Crippen LogP contribution in [0.3, 0.4) is 0 Å². The van der Waals surface area contributed by atoms with Gasteiger partial charge in [0.1, 0.15) is 13.7 Å². The molecule has 0 unspecified atom stereocenters. The van der Waals surface area contributed by atoms with Gasteiger partial charge in [0.2, 0.25) is 0 Å². The molecule has 1 amide bonds. The summed E-state index contributed by atoms with van der Waals surface area (Å²) in [4.78, 5) is 15.1. The second-order valence-electron chi connectivity index (χ2n) is 3.29. The Labute approximate surface area is 98.9 Å². The Kier molecular flexibility index (Phi) is 4.05. The molecule has 0 aromatic carbocycles. The smallest absolute Gasteiger partial charge is 0.259 e. The molecule has 0 aliphatic rings. The molecule has 6 nitrogen and oxygen atoms in total. The van der Waals surface area contributed by atoms with E-state index in [-0.39, 0.29) is 16.8 Å². The van der Waals surface area contributed by atoms with Gasteiger partial charge in [-0.25, -0.2) is 10.2 Å². The summed E-state index contributed by atoms with van der Waals surface area (Å²) in [6.45, 7) is 0. The van der Waals surface area contributed by atoms with E-state index in [0.717, 1.165) is 11.2 Å². The van der Waals surface area contributed by atoms with Crippen LogP contribution in [0, 0.1) is 5.82 Å². The van der Waals surface area contributed by atoms with Crippen molar-refractivity contribution in [3.8, 4) is 0 Å². The largest absolute Gasteiger partial charge is 0.384 e. The molecule has 5 N–H and O–H groups in total. The minimum absolute atomic E-state index is 0.0318. The maximum atomic E-state index is 13.3. The molecule has 1 aromatic rings. The molecule has 1 heterocycles. The number of hydrogen-bond donors (Lipinski definition) is 3. The van der Waals surface area contributed by atoms with Gasteiger partial charge in [0, 0.05) is 13.2 Å². The van der Waals surface area contributed by atoms with E-state index in [4.69, 9.17) is 19.4 Å². The number of nitrogens with two attached hydrogens (primary N) is 2. The van der Waals surface area contributed by atoms with Crippen LogP contribution in [-0.4, -0.2) is 30.8 Å². The van der Waals surface area contributed by atoms with Gasteiger partial charge in [0.15, 0.2) is 5.82 Å². The Bertz CT molecular complexity index is 442. The van der Waals surface area contributed by atoms with Gasteiger partial charge in [0.05, 0.1) is 18.0 Å². The average molecular weight is 235 g/mol. The van der Waals surface area contributed by atoms with Gasteiger partial charge in [-0.2, -0.15) is 0 Å². The minimum atomic E-state index is -0.823. The molecule has 0 saturated carbocycles. The fourth-order valence-electron chi connectivity index (χ4n) is 1.13. The molecule has 0 aliphatic heterocycles. The number of amides is 1. The number of hydrogen-bond acceptors (Lipinski definition) is 5. The van der Waals surface area contributed by atoms with E-state index >= 15 is 0 Å². The van der Waals surface area contributed by atoms with Crippen LogP contribution in [0.25, 0.3) is 0 Å². The van der Waals surface area contributed by atoms with Crippen molar-refractivity contribution in [3.63, 3.8) is 0 Å². The number of aromatic nitrogens is 1. The first-order valence-electron chi connectivity index (χ1n) is 4.57. The van der Waals surface area contributed by atoms with Gasteiger partial charge in [-0.05, 0) is 0 Å². The highest BCUT2D eigenvalue weighted by molar-refractivity contribution is 6.36. The fraction of sp³-hybridized carbons (Fsp3) is 0.111. The molecule has 1 aromatic heterocycles. The lowest BCUT2D eigenvalue weighted by molar-refractivity contribution is 0.0962. The van der Waals surface area contributed by atoms with Crippen molar-refractivity contribution in [2.24, 2.45) is 11.6 Å². The third-order valence-corrected chi connectivity index (χ3v) is 1.76. The maximum absolute atomic E-state index is 13.3. The second kappa shape index (κ2) is 5.31. The predicted octanol–water partition coefficient (Wildman–Crippen LogP) is -1.69. The number of carbonyl (C=O) groups excluding carboxylic acids is 1. The monoisotopic (exact) mass is 235 g/mol.